The molecule has 0 N–H and O–H groups in total. The number of aryl methyl sites for hydroxylation is 1. The summed E-state index contributed by atoms with van der Waals surface area (Å²) in [6.45, 7) is 5.13. The fourth-order valence-corrected chi connectivity index (χ4v) is 3.68. The molecule has 26 heavy (non-hydrogen) atoms. The molecule has 1 aliphatic heterocycles. The van der Waals surface area contributed by atoms with Crippen molar-refractivity contribution in [3.8, 4) is 0 Å². The fraction of sp³-hybridized carbons (Fsp3) is 0.350. The lowest BCUT2D eigenvalue weighted by Crippen LogP contribution is -2.38. The molecule has 136 valence electrons. The lowest BCUT2D eigenvalue weighted by atomic mass is 10.2. The quantitative estimate of drug-likeness (QED) is 0.751. The van der Waals surface area contributed by atoms with Crippen molar-refractivity contribution < 1.29 is 14.3 Å². The second-order valence-electron chi connectivity index (χ2n) is 6.35. The molecular weight excluding hydrogens is 348 g/mol. The summed E-state index contributed by atoms with van der Waals surface area (Å²) in [5.74, 6) is -0.653. The van der Waals surface area contributed by atoms with E-state index in [-0.39, 0.29) is 5.91 Å². The first-order valence-corrected chi connectivity index (χ1v) is 9.55. The zero-order valence-corrected chi connectivity index (χ0v) is 15.8. The normalized spacial score (nSPS) is 14.9. The number of esters is 1. The maximum absolute atomic E-state index is 12.6. The first-order valence-electron chi connectivity index (χ1n) is 8.74. The largest absolute Gasteiger partial charge is 0.449 e. The number of aromatic nitrogens is 1. The molecule has 3 rings (SSSR count). The molecule has 1 atom stereocenters. The number of carbonyl (C=O) groups excluding carboxylic acids is 2. The SMILES string of the molecule is Cc1ccc(Sc2ncccc2C(=O)O[C@H](C)C(=O)N2CCCC2)cc1. The summed E-state index contributed by atoms with van der Waals surface area (Å²) in [6.07, 6.45) is 2.86. The number of carbonyl (C=O) groups is 2. The van der Waals surface area contributed by atoms with Gasteiger partial charge in [0.2, 0.25) is 0 Å². The van der Waals surface area contributed by atoms with Crippen molar-refractivity contribution in [3.63, 3.8) is 0 Å². The summed E-state index contributed by atoms with van der Waals surface area (Å²) in [6, 6.07) is 11.4. The molecule has 1 saturated heterocycles. The van der Waals surface area contributed by atoms with Crippen LogP contribution in [0.3, 0.4) is 0 Å². The minimum absolute atomic E-state index is 0.132. The number of hydrogen-bond donors (Lipinski definition) is 0. The minimum Gasteiger partial charge on any atom is -0.449 e. The number of nitrogens with zero attached hydrogens (tertiary/aromatic N) is 2. The third-order valence-electron chi connectivity index (χ3n) is 4.28. The van der Waals surface area contributed by atoms with Gasteiger partial charge in [-0.3, -0.25) is 4.79 Å². The summed E-state index contributed by atoms with van der Waals surface area (Å²) in [5.41, 5.74) is 1.54. The Morgan fingerprint density at radius 3 is 2.54 bits per heavy atom. The number of benzene rings is 1. The highest BCUT2D eigenvalue weighted by molar-refractivity contribution is 7.99. The van der Waals surface area contributed by atoms with Gasteiger partial charge in [-0.1, -0.05) is 29.5 Å². The van der Waals surface area contributed by atoms with E-state index in [2.05, 4.69) is 4.98 Å². The number of amides is 1. The minimum atomic E-state index is -0.793. The van der Waals surface area contributed by atoms with Crippen LogP contribution >= 0.6 is 11.8 Å². The fourth-order valence-electron chi connectivity index (χ4n) is 2.81. The highest BCUT2D eigenvalue weighted by atomic mass is 32.2. The summed E-state index contributed by atoms with van der Waals surface area (Å²) in [5, 5.41) is 0.571. The smallest absolute Gasteiger partial charge is 0.341 e. The van der Waals surface area contributed by atoms with Gasteiger partial charge in [0.1, 0.15) is 5.03 Å². The monoisotopic (exact) mass is 370 g/mol. The van der Waals surface area contributed by atoms with Crippen LogP contribution in [0.15, 0.2) is 52.5 Å². The van der Waals surface area contributed by atoms with Gasteiger partial charge in [0, 0.05) is 24.2 Å². The number of pyridine rings is 1. The Kier molecular flexibility index (Phi) is 5.93. The van der Waals surface area contributed by atoms with E-state index in [1.165, 1.54) is 17.3 Å². The molecule has 0 unspecified atom stereocenters. The summed E-state index contributed by atoms with van der Waals surface area (Å²) in [4.78, 5) is 32.0. The zero-order chi connectivity index (χ0) is 18.5. The number of hydrogen-bond acceptors (Lipinski definition) is 5. The zero-order valence-electron chi connectivity index (χ0n) is 15.0. The van der Waals surface area contributed by atoms with Crippen LogP contribution in [-0.2, 0) is 9.53 Å². The van der Waals surface area contributed by atoms with Gasteiger partial charge in [0.15, 0.2) is 6.10 Å². The molecule has 1 aromatic carbocycles. The van der Waals surface area contributed by atoms with Crippen LogP contribution in [0.4, 0.5) is 0 Å². The summed E-state index contributed by atoms with van der Waals surface area (Å²) in [7, 11) is 0. The van der Waals surface area contributed by atoms with Crippen molar-refractivity contribution >= 4 is 23.6 Å². The van der Waals surface area contributed by atoms with Crippen molar-refractivity contribution in [1.29, 1.82) is 0 Å². The number of likely N-dealkylation sites (tertiary alicyclic amines) is 1. The van der Waals surface area contributed by atoms with Crippen molar-refractivity contribution in [2.45, 2.75) is 42.7 Å². The Hall–Kier alpha value is -2.34. The van der Waals surface area contributed by atoms with Crippen LogP contribution in [0, 0.1) is 6.92 Å². The van der Waals surface area contributed by atoms with Crippen LogP contribution in [0.5, 0.6) is 0 Å². The third-order valence-corrected chi connectivity index (χ3v) is 5.30. The van der Waals surface area contributed by atoms with E-state index in [9.17, 15) is 9.59 Å². The van der Waals surface area contributed by atoms with Gasteiger partial charge in [-0.25, -0.2) is 9.78 Å². The van der Waals surface area contributed by atoms with E-state index in [1.807, 2.05) is 31.2 Å². The van der Waals surface area contributed by atoms with Crippen LogP contribution in [0.25, 0.3) is 0 Å². The predicted molar refractivity (Wildman–Crippen MR) is 100 cm³/mol. The van der Waals surface area contributed by atoms with Gasteiger partial charge in [-0.15, -0.1) is 0 Å². The van der Waals surface area contributed by atoms with Gasteiger partial charge < -0.3 is 9.64 Å². The van der Waals surface area contributed by atoms with Crippen molar-refractivity contribution in [2.75, 3.05) is 13.1 Å². The van der Waals surface area contributed by atoms with E-state index in [4.69, 9.17) is 4.74 Å². The van der Waals surface area contributed by atoms with Gasteiger partial charge in [0.25, 0.3) is 5.91 Å². The van der Waals surface area contributed by atoms with Crippen LogP contribution in [0.1, 0.15) is 35.7 Å². The molecular formula is C20H22N2O3S. The highest BCUT2D eigenvalue weighted by Crippen LogP contribution is 2.29. The summed E-state index contributed by atoms with van der Waals surface area (Å²) >= 11 is 1.40. The van der Waals surface area contributed by atoms with Gasteiger partial charge in [0.05, 0.1) is 5.56 Å². The van der Waals surface area contributed by atoms with Crippen molar-refractivity contribution in [2.24, 2.45) is 0 Å². The molecule has 2 heterocycles. The average molecular weight is 370 g/mol. The molecule has 1 aliphatic rings. The molecule has 0 radical (unpaired) electrons. The van der Waals surface area contributed by atoms with E-state index in [1.54, 1.807) is 30.2 Å². The van der Waals surface area contributed by atoms with E-state index in [0.717, 1.165) is 30.8 Å². The predicted octanol–water partition coefficient (Wildman–Crippen LogP) is 3.71. The van der Waals surface area contributed by atoms with Gasteiger partial charge in [-0.05, 0) is 51.0 Å². The summed E-state index contributed by atoms with van der Waals surface area (Å²) < 4.78 is 5.42. The molecule has 1 fully saturated rings. The van der Waals surface area contributed by atoms with Crippen LogP contribution < -0.4 is 0 Å². The van der Waals surface area contributed by atoms with E-state index in [0.29, 0.717) is 10.6 Å². The molecule has 1 aromatic heterocycles. The maximum Gasteiger partial charge on any atom is 0.341 e. The maximum atomic E-state index is 12.6. The molecule has 6 heteroatoms. The second-order valence-corrected chi connectivity index (χ2v) is 7.41. The molecule has 2 aromatic rings. The first-order chi connectivity index (χ1) is 12.5. The highest BCUT2D eigenvalue weighted by Gasteiger charge is 2.27. The molecule has 0 spiro atoms. The molecule has 5 nitrogen and oxygen atoms in total. The van der Waals surface area contributed by atoms with Crippen molar-refractivity contribution in [1.82, 2.24) is 9.88 Å². The Bertz CT molecular complexity index is 786. The molecule has 0 aliphatic carbocycles. The van der Waals surface area contributed by atoms with E-state index >= 15 is 0 Å². The van der Waals surface area contributed by atoms with Crippen LogP contribution in [-0.4, -0.2) is 41.0 Å². The Balaban J connectivity index is 1.70. The standard InChI is InChI=1S/C20H22N2O3S/c1-14-7-9-16(10-8-14)26-18-17(6-5-11-21-18)20(24)25-15(2)19(23)22-12-3-4-13-22/h5-11,15H,3-4,12-13H2,1-2H3/t15-/m1/s1. The molecule has 0 saturated carbocycles. The lowest BCUT2D eigenvalue weighted by Gasteiger charge is -2.20. The first kappa shape index (κ1) is 18.5. The second kappa shape index (κ2) is 8.36. The number of rotatable bonds is 5. The number of ether oxygens (including phenoxy) is 1. The lowest BCUT2D eigenvalue weighted by molar-refractivity contribution is -0.138. The van der Waals surface area contributed by atoms with Crippen LogP contribution in [0.2, 0.25) is 0 Å². The van der Waals surface area contributed by atoms with Crippen molar-refractivity contribution in [3.05, 3.63) is 53.7 Å². The van der Waals surface area contributed by atoms with Gasteiger partial charge >= 0.3 is 5.97 Å². The molecule has 0 bridgehead atoms. The average Bonchev–Trinajstić information content (AvgIpc) is 3.18. The Labute approximate surface area is 157 Å². The Morgan fingerprint density at radius 2 is 1.85 bits per heavy atom. The van der Waals surface area contributed by atoms with Gasteiger partial charge in [-0.2, -0.15) is 0 Å². The van der Waals surface area contributed by atoms with E-state index < -0.39 is 12.1 Å². The third kappa shape index (κ3) is 4.43. The Morgan fingerprint density at radius 1 is 1.15 bits per heavy atom. The topological polar surface area (TPSA) is 59.5 Å². The molecule has 1 amide bonds.